The van der Waals surface area contributed by atoms with Gasteiger partial charge in [-0.05, 0) is 19.1 Å². The van der Waals surface area contributed by atoms with Crippen LogP contribution in [0.1, 0.15) is 12.0 Å². The highest BCUT2D eigenvalue weighted by atomic mass is 19.1. The fourth-order valence-electron chi connectivity index (χ4n) is 2.20. The molecule has 2 amide bonds. The van der Waals surface area contributed by atoms with Gasteiger partial charge in [-0.2, -0.15) is 0 Å². The summed E-state index contributed by atoms with van der Waals surface area (Å²) in [5.74, 6) is -1.63. The quantitative estimate of drug-likeness (QED) is 0.760. The molecule has 6 nitrogen and oxygen atoms in total. The van der Waals surface area contributed by atoms with Crippen molar-refractivity contribution >= 4 is 17.7 Å². The highest BCUT2D eigenvalue weighted by Gasteiger charge is 2.39. The Kier molecular flexibility index (Phi) is 3.89. The summed E-state index contributed by atoms with van der Waals surface area (Å²) in [6, 6.07) is 2.51. The van der Waals surface area contributed by atoms with Crippen molar-refractivity contribution in [1.29, 1.82) is 0 Å². The molecule has 20 heavy (non-hydrogen) atoms. The Labute approximate surface area is 114 Å². The van der Waals surface area contributed by atoms with Gasteiger partial charge in [0.15, 0.2) is 0 Å². The number of amides is 2. The number of halogens is 1. The van der Waals surface area contributed by atoms with Crippen LogP contribution in [-0.2, 0) is 4.79 Å². The zero-order valence-corrected chi connectivity index (χ0v) is 10.8. The van der Waals surface area contributed by atoms with E-state index in [9.17, 15) is 19.1 Å². The van der Waals surface area contributed by atoms with E-state index in [0.717, 1.165) is 4.90 Å². The molecule has 0 bridgehead atoms. The molecule has 3 N–H and O–H groups in total. The van der Waals surface area contributed by atoms with Gasteiger partial charge in [-0.3, -0.25) is 0 Å². The van der Waals surface area contributed by atoms with Crippen LogP contribution in [-0.4, -0.2) is 45.8 Å². The average molecular weight is 282 g/mol. The van der Waals surface area contributed by atoms with Crippen molar-refractivity contribution in [3.8, 4) is 0 Å². The minimum Gasteiger partial charge on any atom is -0.480 e. The predicted molar refractivity (Wildman–Crippen MR) is 68.9 cm³/mol. The molecule has 2 rings (SSSR count). The van der Waals surface area contributed by atoms with E-state index in [1.54, 1.807) is 0 Å². The van der Waals surface area contributed by atoms with Crippen molar-refractivity contribution in [2.45, 2.75) is 25.5 Å². The number of nitrogens with one attached hydrogen (secondary N) is 1. The van der Waals surface area contributed by atoms with E-state index in [1.807, 2.05) is 0 Å². The summed E-state index contributed by atoms with van der Waals surface area (Å²) in [6.45, 7) is 1.45. The molecular weight excluding hydrogens is 267 g/mol. The zero-order chi connectivity index (χ0) is 14.9. The normalized spacial score (nSPS) is 21.9. The number of carboxylic acids is 1. The van der Waals surface area contributed by atoms with Gasteiger partial charge in [0.1, 0.15) is 11.9 Å². The van der Waals surface area contributed by atoms with Crippen LogP contribution in [0.5, 0.6) is 0 Å². The van der Waals surface area contributed by atoms with Crippen LogP contribution < -0.4 is 5.32 Å². The number of likely N-dealkylation sites (tertiary alicyclic amines) is 1. The zero-order valence-electron chi connectivity index (χ0n) is 10.8. The Morgan fingerprint density at radius 3 is 2.80 bits per heavy atom. The molecule has 0 spiro atoms. The molecule has 1 aliphatic heterocycles. The molecule has 0 radical (unpaired) electrons. The number of rotatable bonds is 2. The van der Waals surface area contributed by atoms with Crippen LogP contribution in [0.2, 0.25) is 0 Å². The van der Waals surface area contributed by atoms with Gasteiger partial charge in [0.05, 0.1) is 6.10 Å². The van der Waals surface area contributed by atoms with E-state index in [0.29, 0.717) is 0 Å². The van der Waals surface area contributed by atoms with Gasteiger partial charge < -0.3 is 20.4 Å². The van der Waals surface area contributed by atoms with Crippen molar-refractivity contribution in [1.82, 2.24) is 4.90 Å². The number of anilines is 1. The van der Waals surface area contributed by atoms with E-state index < -0.39 is 30.0 Å². The summed E-state index contributed by atoms with van der Waals surface area (Å²) in [6.07, 6.45) is -0.874. The van der Waals surface area contributed by atoms with Gasteiger partial charge in [0.25, 0.3) is 0 Å². The van der Waals surface area contributed by atoms with Gasteiger partial charge in [-0.1, -0.05) is 6.07 Å². The van der Waals surface area contributed by atoms with E-state index in [1.165, 1.54) is 25.1 Å². The molecule has 1 aliphatic rings. The number of carbonyl (C=O) groups excluding carboxylic acids is 1. The predicted octanol–water partition coefficient (Wildman–Crippen LogP) is 1.19. The number of nitrogens with zero attached hydrogens (tertiary/aromatic N) is 1. The smallest absolute Gasteiger partial charge is 0.326 e. The molecule has 0 unspecified atom stereocenters. The molecular formula is C13H15FN2O4. The van der Waals surface area contributed by atoms with Crippen LogP contribution >= 0.6 is 0 Å². The molecule has 1 aromatic carbocycles. The topological polar surface area (TPSA) is 89.9 Å². The molecule has 1 aromatic rings. The van der Waals surface area contributed by atoms with Crippen molar-refractivity contribution in [3.05, 3.63) is 29.6 Å². The van der Waals surface area contributed by atoms with Crippen molar-refractivity contribution in [2.24, 2.45) is 0 Å². The van der Waals surface area contributed by atoms with Gasteiger partial charge in [0, 0.05) is 24.2 Å². The summed E-state index contributed by atoms with van der Waals surface area (Å²) in [5, 5.41) is 21.0. The first-order chi connectivity index (χ1) is 9.40. The number of aliphatic carboxylic acids is 1. The Hall–Kier alpha value is -2.15. The standard InChI is InChI=1S/C13H15FN2O4/c1-7-9(14)3-2-4-10(7)15-13(20)16-6-8(17)5-11(16)12(18)19/h2-4,8,11,17H,5-6H2,1H3,(H,15,20)(H,18,19)/t8-,11+/m1/s1. The molecule has 0 aromatic heterocycles. The second-order valence-electron chi connectivity index (χ2n) is 4.74. The molecule has 108 valence electrons. The lowest BCUT2D eigenvalue weighted by Crippen LogP contribution is -2.43. The Morgan fingerprint density at radius 2 is 2.15 bits per heavy atom. The number of hydrogen-bond donors (Lipinski definition) is 3. The van der Waals surface area contributed by atoms with Gasteiger partial charge in [-0.25, -0.2) is 14.0 Å². The Bertz CT molecular complexity index is 549. The molecule has 1 saturated heterocycles. The van der Waals surface area contributed by atoms with E-state index in [4.69, 9.17) is 5.11 Å². The molecule has 0 aliphatic carbocycles. The van der Waals surface area contributed by atoms with E-state index >= 15 is 0 Å². The summed E-state index contributed by atoms with van der Waals surface area (Å²) in [4.78, 5) is 24.1. The number of carbonyl (C=O) groups is 2. The monoisotopic (exact) mass is 282 g/mol. The summed E-state index contributed by atoms with van der Waals surface area (Å²) < 4.78 is 13.4. The maximum atomic E-state index is 13.4. The fourth-order valence-corrected chi connectivity index (χ4v) is 2.20. The van der Waals surface area contributed by atoms with E-state index in [-0.39, 0.29) is 24.2 Å². The third-order valence-electron chi connectivity index (χ3n) is 3.33. The first-order valence-corrected chi connectivity index (χ1v) is 6.13. The number of β-amino-alcohol motifs (C(OH)–C–C–N with tert-alkyl or cyclic N) is 1. The number of urea groups is 1. The fraction of sp³-hybridized carbons (Fsp3) is 0.385. The number of hydrogen-bond acceptors (Lipinski definition) is 3. The Morgan fingerprint density at radius 1 is 1.45 bits per heavy atom. The van der Waals surface area contributed by atoms with Crippen LogP contribution in [0.3, 0.4) is 0 Å². The SMILES string of the molecule is Cc1c(F)cccc1NC(=O)N1C[C@H](O)C[C@H]1C(=O)O. The first-order valence-electron chi connectivity index (χ1n) is 6.13. The second-order valence-corrected chi connectivity index (χ2v) is 4.74. The summed E-state index contributed by atoms with van der Waals surface area (Å²) in [7, 11) is 0. The number of aliphatic hydroxyl groups excluding tert-OH is 1. The lowest BCUT2D eigenvalue weighted by atomic mass is 10.2. The van der Waals surface area contributed by atoms with Crippen molar-refractivity contribution in [3.63, 3.8) is 0 Å². The highest BCUT2D eigenvalue weighted by molar-refractivity contribution is 5.93. The second kappa shape index (κ2) is 5.46. The lowest BCUT2D eigenvalue weighted by Gasteiger charge is -2.22. The van der Waals surface area contributed by atoms with Gasteiger partial charge in [0.2, 0.25) is 0 Å². The van der Waals surface area contributed by atoms with Gasteiger partial charge in [-0.15, -0.1) is 0 Å². The summed E-state index contributed by atoms with van der Waals surface area (Å²) in [5.41, 5.74) is 0.549. The van der Waals surface area contributed by atoms with Crippen molar-refractivity contribution < 1.29 is 24.2 Å². The van der Waals surface area contributed by atoms with Crippen LogP contribution in [0.25, 0.3) is 0 Å². The number of benzene rings is 1. The van der Waals surface area contributed by atoms with Crippen LogP contribution in [0.4, 0.5) is 14.9 Å². The number of carboxylic acid groups (broad SMARTS) is 1. The molecule has 2 atom stereocenters. The average Bonchev–Trinajstić information content (AvgIpc) is 2.77. The maximum absolute atomic E-state index is 13.4. The molecule has 0 saturated carbocycles. The van der Waals surface area contributed by atoms with Crippen LogP contribution in [0.15, 0.2) is 18.2 Å². The lowest BCUT2D eigenvalue weighted by molar-refractivity contribution is -0.141. The maximum Gasteiger partial charge on any atom is 0.326 e. The molecule has 1 fully saturated rings. The molecule has 7 heteroatoms. The minimum atomic E-state index is -1.17. The Balaban J connectivity index is 2.15. The largest absolute Gasteiger partial charge is 0.480 e. The third-order valence-corrected chi connectivity index (χ3v) is 3.33. The van der Waals surface area contributed by atoms with E-state index in [2.05, 4.69) is 5.32 Å². The third kappa shape index (κ3) is 2.72. The van der Waals surface area contributed by atoms with Crippen LogP contribution in [0, 0.1) is 12.7 Å². The van der Waals surface area contributed by atoms with Gasteiger partial charge >= 0.3 is 12.0 Å². The summed E-state index contributed by atoms with van der Waals surface area (Å²) >= 11 is 0. The number of aliphatic hydroxyl groups is 1. The first kappa shape index (κ1) is 14.3. The minimum absolute atomic E-state index is 0.00904. The van der Waals surface area contributed by atoms with Crippen molar-refractivity contribution in [2.75, 3.05) is 11.9 Å². The molecule has 1 heterocycles. The highest BCUT2D eigenvalue weighted by Crippen LogP contribution is 2.22.